The number of aliphatic imine (C=N–C) groups is 1. The molecule has 172 valence electrons. The first kappa shape index (κ1) is 24.2. The van der Waals surface area contributed by atoms with Crippen LogP contribution in [0.25, 0.3) is 11.5 Å². The van der Waals surface area contributed by atoms with Gasteiger partial charge in [0.1, 0.15) is 6.10 Å². The van der Waals surface area contributed by atoms with E-state index in [0.717, 1.165) is 54.4 Å². The normalized spacial score (nSPS) is 16.7. The van der Waals surface area contributed by atoms with Gasteiger partial charge in [-0.3, -0.25) is 9.67 Å². The summed E-state index contributed by atoms with van der Waals surface area (Å²) < 4.78 is 13.2. The highest BCUT2D eigenvalue weighted by atomic mass is 127. The van der Waals surface area contributed by atoms with Crippen LogP contribution in [-0.2, 0) is 24.8 Å². The second-order valence-corrected chi connectivity index (χ2v) is 7.62. The molecule has 0 spiro atoms. The van der Waals surface area contributed by atoms with Crippen LogP contribution in [0.3, 0.4) is 0 Å². The lowest BCUT2D eigenvalue weighted by Gasteiger charge is -2.34. The Morgan fingerprint density at radius 1 is 1.34 bits per heavy atom. The summed E-state index contributed by atoms with van der Waals surface area (Å²) in [6.07, 6.45) is 5.66. The van der Waals surface area contributed by atoms with Gasteiger partial charge in [0.15, 0.2) is 11.8 Å². The molecule has 1 unspecified atom stereocenters. The van der Waals surface area contributed by atoms with E-state index in [-0.39, 0.29) is 30.1 Å². The van der Waals surface area contributed by atoms with Crippen molar-refractivity contribution in [3.8, 4) is 11.5 Å². The quantitative estimate of drug-likeness (QED) is 0.286. The fourth-order valence-corrected chi connectivity index (χ4v) is 3.67. The minimum atomic E-state index is -0.0147. The van der Waals surface area contributed by atoms with Crippen LogP contribution in [0.4, 0.5) is 0 Å². The van der Waals surface area contributed by atoms with E-state index < -0.39 is 0 Å². The molecule has 0 radical (unpaired) electrons. The highest BCUT2D eigenvalue weighted by molar-refractivity contribution is 14.0. The molecular weight excluding hydrogens is 521 g/mol. The van der Waals surface area contributed by atoms with E-state index in [1.54, 1.807) is 11.7 Å². The summed E-state index contributed by atoms with van der Waals surface area (Å²) in [5.41, 5.74) is 3.12. The topological polar surface area (TPSA) is 93.6 Å². The molecule has 1 saturated heterocycles. The van der Waals surface area contributed by atoms with Crippen LogP contribution in [0.5, 0.6) is 0 Å². The molecular formula is C22H30IN7O2. The average molecular weight is 551 g/mol. The van der Waals surface area contributed by atoms with E-state index in [0.29, 0.717) is 19.0 Å². The van der Waals surface area contributed by atoms with Crippen molar-refractivity contribution in [2.75, 3.05) is 26.7 Å². The van der Waals surface area contributed by atoms with Crippen LogP contribution >= 0.6 is 24.0 Å². The van der Waals surface area contributed by atoms with Crippen LogP contribution in [0.15, 0.2) is 46.2 Å². The van der Waals surface area contributed by atoms with Gasteiger partial charge in [-0.05, 0) is 24.1 Å². The van der Waals surface area contributed by atoms with E-state index in [2.05, 4.69) is 49.5 Å². The van der Waals surface area contributed by atoms with Crippen molar-refractivity contribution in [3.05, 3.63) is 53.6 Å². The molecule has 4 rings (SSSR count). The number of ether oxygens (including phenoxy) is 1. The number of nitrogens with one attached hydrogen (secondary N) is 1. The summed E-state index contributed by atoms with van der Waals surface area (Å²) in [6, 6.07) is 8.14. The van der Waals surface area contributed by atoms with Gasteiger partial charge in [0.25, 0.3) is 5.89 Å². The molecule has 0 aliphatic carbocycles. The number of hydrogen-bond acceptors (Lipinski definition) is 6. The van der Waals surface area contributed by atoms with Crippen LogP contribution in [0.2, 0.25) is 0 Å². The first-order chi connectivity index (χ1) is 15.2. The Morgan fingerprint density at radius 3 is 2.97 bits per heavy atom. The number of hydrogen-bond donors (Lipinski definition) is 1. The van der Waals surface area contributed by atoms with Crippen LogP contribution < -0.4 is 5.32 Å². The van der Waals surface area contributed by atoms with Gasteiger partial charge in [-0.25, -0.2) is 0 Å². The van der Waals surface area contributed by atoms with Gasteiger partial charge in [-0.1, -0.05) is 24.2 Å². The van der Waals surface area contributed by atoms with Crippen LogP contribution in [-0.4, -0.2) is 57.5 Å². The third-order valence-electron chi connectivity index (χ3n) is 5.24. The molecule has 3 heterocycles. The fourth-order valence-electron chi connectivity index (χ4n) is 3.67. The first-order valence-electron chi connectivity index (χ1n) is 10.6. The summed E-state index contributed by atoms with van der Waals surface area (Å²) in [4.78, 5) is 11.2. The first-order valence-corrected chi connectivity index (χ1v) is 10.6. The highest BCUT2D eigenvalue weighted by Crippen LogP contribution is 2.22. The maximum Gasteiger partial charge on any atom is 0.257 e. The third-order valence-corrected chi connectivity index (χ3v) is 5.24. The lowest BCUT2D eigenvalue weighted by molar-refractivity contribution is -0.00805. The van der Waals surface area contributed by atoms with Crippen molar-refractivity contribution in [2.24, 2.45) is 12.0 Å². The average Bonchev–Trinajstić information content (AvgIpc) is 3.44. The van der Waals surface area contributed by atoms with Crippen molar-refractivity contribution in [2.45, 2.75) is 32.4 Å². The van der Waals surface area contributed by atoms with E-state index >= 15 is 0 Å². The van der Waals surface area contributed by atoms with Crippen LogP contribution in [0, 0.1) is 0 Å². The van der Waals surface area contributed by atoms with Gasteiger partial charge in [-0.15, -0.1) is 24.0 Å². The monoisotopic (exact) mass is 551 g/mol. The molecule has 1 aliphatic rings. The number of aromatic nitrogens is 4. The van der Waals surface area contributed by atoms with Crippen molar-refractivity contribution >= 4 is 29.9 Å². The van der Waals surface area contributed by atoms with Gasteiger partial charge in [0, 0.05) is 50.9 Å². The lowest BCUT2D eigenvalue weighted by atomic mass is 10.1. The summed E-state index contributed by atoms with van der Waals surface area (Å²) in [5.74, 6) is 2.16. The molecule has 0 amide bonds. The SMILES string of the molecule is CCCc1noc(-c2cccc(CNC(=NC)N3CCOC(c4cnn(C)c4)C3)c2)n1.I. The van der Waals surface area contributed by atoms with Gasteiger partial charge in [-0.2, -0.15) is 10.1 Å². The molecule has 1 atom stereocenters. The highest BCUT2D eigenvalue weighted by Gasteiger charge is 2.25. The Hall–Kier alpha value is -2.47. The number of halogens is 1. The molecule has 0 saturated carbocycles. The van der Waals surface area contributed by atoms with Gasteiger partial charge < -0.3 is 19.5 Å². The molecule has 10 heteroatoms. The van der Waals surface area contributed by atoms with Crippen LogP contribution in [0.1, 0.15) is 36.4 Å². The summed E-state index contributed by atoms with van der Waals surface area (Å²) in [7, 11) is 3.72. The van der Waals surface area contributed by atoms with Gasteiger partial charge >= 0.3 is 0 Å². The Balaban J connectivity index is 0.00000289. The zero-order valence-corrected chi connectivity index (χ0v) is 21.0. The minimum Gasteiger partial charge on any atom is -0.370 e. The molecule has 3 aromatic rings. The number of rotatable bonds is 6. The largest absolute Gasteiger partial charge is 0.370 e. The van der Waals surface area contributed by atoms with E-state index in [9.17, 15) is 0 Å². The number of guanidine groups is 1. The standard InChI is InChI=1S/C22H29N7O2.HI/c1-4-6-20-26-21(31-27-20)17-8-5-7-16(11-17)12-24-22(23-2)29-9-10-30-19(15-29)18-13-25-28(3)14-18;/h5,7-8,11,13-14,19H,4,6,9-10,12,15H2,1-3H3,(H,23,24);1H. The van der Waals surface area contributed by atoms with Gasteiger partial charge in [0.2, 0.25) is 0 Å². The van der Waals surface area contributed by atoms with Crippen molar-refractivity contribution < 1.29 is 9.26 Å². The molecule has 1 aliphatic heterocycles. The number of nitrogens with zero attached hydrogens (tertiary/aromatic N) is 6. The summed E-state index contributed by atoms with van der Waals surface area (Å²) in [6.45, 7) is 4.91. The number of benzene rings is 1. The molecule has 9 nitrogen and oxygen atoms in total. The van der Waals surface area contributed by atoms with E-state index in [1.807, 2.05) is 31.6 Å². The van der Waals surface area contributed by atoms with Crippen molar-refractivity contribution in [1.29, 1.82) is 0 Å². The van der Waals surface area contributed by atoms with Gasteiger partial charge in [0.05, 0.1) is 19.3 Å². The zero-order valence-electron chi connectivity index (χ0n) is 18.7. The van der Waals surface area contributed by atoms with E-state index in [1.165, 1.54) is 0 Å². The molecule has 32 heavy (non-hydrogen) atoms. The smallest absolute Gasteiger partial charge is 0.257 e. The summed E-state index contributed by atoms with van der Waals surface area (Å²) >= 11 is 0. The Kier molecular flexibility index (Phi) is 8.62. The lowest BCUT2D eigenvalue weighted by Crippen LogP contribution is -2.47. The second kappa shape index (κ2) is 11.4. The Bertz CT molecular complexity index is 1030. The maximum absolute atomic E-state index is 5.95. The number of aryl methyl sites for hydroxylation is 2. The maximum atomic E-state index is 5.95. The predicted octanol–water partition coefficient (Wildman–Crippen LogP) is 3.19. The number of morpholine rings is 1. The minimum absolute atomic E-state index is 0. The molecule has 1 aromatic carbocycles. The Labute approximate surface area is 205 Å². The molecule has 1 N–H and O–H groups in total. The fraction of sp³-hybridized carbons (Fsp3) is 0.455. The predicted molar refractivity (Wildman–Crippen MR) is 133 cm³/mol. The molecule has 0 bridgehead atoms. The second-order valence-electron chi connectivity index (χ2n) is 7.62. The Morgan fingerprint density at radius 2 is 2.22 bits per heavy atom. The van der Waals surface area contributed by atoms with Crippen molar-refractivity contribution in [1.82, 2.24) is 30.1 Å². The summed E-state index contributed by atoms with van der Waals surface area (Å²) in [5, 5.41) is 11.8. The van der Waals surface area contributed by atoms with E-state index in [4.69, 9.17) is 9.26 Å². The van der Waals surface area contributed by atoms with Crippen molar-refractivity contribution in [3.63, 3.8) is 0 Å². The third kappa shape index (κ3) is 5.85. The zero-order chi connectivity index (χ0) is 21.6. The molecule has 2 aromatic heterocycles. The molecule has 1 fully saturated rings.